The zero-order chi connectivity index (χ0) is 19.7. The van der Waals surface area contributed by atoms with E-state index in [-0.39, 0.29) is 0 Å². The number of aliphatic carboxylic acids is 2. The normalized spacial score (nSPS) is 12.2. The van der Waals surface area contributed by atoms with Crippen molar-refractivity contribution in [2.75, 3.05) is 0 Å². The van der Waals surface area contributed by atoms with Gasteiger partial charge in [-0.25, -0.2) is 0 Å². The van der Waals surface area contributed by atoms with Crippen molar-refractivity contribution in [1.29, 1.82) is 0 Å². The summed E-state index contributed by atoms with van der Waals surface area (Å²) in [5.41, 5.74) is 11.5. The molecule has 142 valence electrons. The molecule has 6 N–H and O–H groups in total. The number of benzene rings is 1. The lowest BCUT2D eigenvalue weighted by Crippen LogP contribution is -2.32. The second kappa shape index (κ2) is 16.7. The maximum Gasteiger partial charge on any atom is 0.320 e. The van der Waals surface area contributed by atoms with Crippen LogP contribution in [0.4, 0.5) is 0 Å². The van der Waals surface area contributed by atoms with Crippen LogP contribution in [0.15, 0.2) is 42.5 Å². The third kappa shape index (κ3) is 16.5. The maximum absolute atomic E-state index is 10.4. The lowest BCUT2D eigenvalue weighted by atomic mass is 10.1. The van der Waals surface area contributed by atoms with Gasteiger partial charge in [0, 0.05) is 0 Å². The van der Waals surface area contributed by atoms with E-state index in [2.05, 4.69) is 13.8 Å². The zero-order valence-electron chi connectivity index (χ0n) is 15.4. The van der Waals surface area contributed by atoms with Gasteiger partial charge in [0.1, 0.15) is 12.1 Å². The molecule has 0 saturated heterocycles. The molecule has 0 bridgehead atoms. The molecular formula is C19H32N2O4. The Balaban J connectivity index is 0. The summed E-state index contributed by atoms with van der Waals surface area (Å²) in [7, 11) is 0. The Hall–Kier alpha value is -2.18. The summed E-state index contributed by atoms with van der Waals surface area (Å²) in [6, 6.07) is 7.80. The molecule has 0 saturated carbocycles. The van der Waals surface area contributed by atoms with E-state index in [0.29, 0.717) is 12.8 Å². The molecule has 1 aromatic rings. The van der Waals surface area contributed by atoms with E-state index in [1.807, 2.05) is 43.3 Å². The van der Waals surface area contributed by atoms with Gasteiger partial charge in [0.25, 0.3) is 0 Å². The van der Waals surface area contributed by atoms with Gasteiger partial charge in [-0.3, -0.25) is 9.59 Å². The summed E-state index contributed by atoms with van der Waals surface area (Å²) >= 11 is 0. The highest BCUT2D eigenvalue weighted by Gasteiger charge is 2.11. The highest BCUT2D eigenvalue weighted by Crippen LogP contribution is 2.01. The molecule has 25 heavy (non-hydrogen) atoms. The van der Waals surface area contributed by atoms with Crippen molar-refractivity contribution >= 4 is 11.9 Å². The van der Waals surface area contributed by atoms with E-state index in [1.165, 1.54) is 6.42 Å². The molecule has 0 unspecified atom stereocenters. The van der Waals surface area contributed by atoms with Gasteiger partial charge in [-0.2, -0.15) is 0 Å². The maximum atomic E-state index is 10.4. The van der Waals surface area contributed by atoms with Crippen LogP contribution in [0, 0.1) is 0 Å². The minimum atomic E-state index is -0.959. The van der Waals surface area contributed by atoms with Gasteiger partial charge in [0.2, 0.25) is 0 Å². The fourth-order valence-electron chi connectivity index (χ4n) is 1.47. The Kier molecular flexibility index (Phi) is 16.7. The van der Waals surface area contributed by atoms with Crippen LogP contribution in [-0.4, -0.2) is 34.2 Å². The molecule has 6 heteroatoms. The minimum absolute atomic E-state index is 0.385. The number of nitrogens with two attached hydrogens (primary N) is 2. The molecule has 0 aliphatic carbocycles. The van der Waals surface area contributed by atoms with Gasteiger partial charge in [-0.15, -0.1) is 0 Å². The van der Waals surface area contributed by atoms with Crippen molar-refractivity contribution in [3.8, 4) is 0 Å². The van der Waals surface area contributed by atoms with Crippen molar-refractivity contribution < 1.29 is 19.8 Å². The summed E-state index contributed by atoms with van der Waals surface area (Å²) in [4.78, 5) is 20.5. The van der Waals surface area contributed by atoms with Gasteiger partial charge < -0.3 is 21.7 Å². The Labute approximate surface area is 150 Å². The molecule has 6 nitrogen and oxygen atoms in total. The van der Waals surface area contributed by atoms with Crippen molar-refractivity contribution in [3.05, 3.63) is 48.0 Å². The average Bonchev–Trinajstić information content (AvgIpc) is 2.57. The fourth-order valence-corrected chi connectivity index (χ4v) is 1.47. The van der Waals surface area contributed by atoms with Gasteiger partial charge in [0.15, 0.2) is 0 Å². The van der Waals surface area contributed by atoms with Crippen molar-refractivity contribution in [2.45, 2.75) is 58.5 Å². The highest BCUT2D eigenvalue weighted by molar-refractivity contribution is 5.73. The van der Waals surface area contributed by atoms with Crippen molar-refractivity contribution in [2.24, 2.45) is 11.5 Å². The molecule has 1 rings (SSSR count). The van der Waals surface area contributed by atoms with Gasteiger partial charge in [-0.1, -0.05) is 69.7 Å². The lowest BCUT2D eigenvalue weighted by molar-refractivity contribution is -0.139. The molecule has 0 aromatic heterocycles. The van der Waals surface area contributed by atoms with Crippen molar-refractivity contribution in [3.63, 3.8) is 0 Å². The monoisotopic (exact) mass is 352 g/mol. The lowest BCUT2D eigenvalue weighted by Gasteiger charge is -2.04. The number of allylic oxidation sites excluding steroid dienone is 1. The topological polar surface area (TPSA) is 127 Å². The van der Waals surface area contributed by atoms with E-state index in [1.54, 1.807) is 6.08 Å². The summed E-state index contributed by atoms with van der Waals surface area (Å²) in [6.07, 6.45) is 6.67. The first-order valence-electron chi connectivity index (χ1n) is 8.45. The van der Waals surface area contributed by atoms with Crippen LogP contribution in [0.2, 0.25) is 0 Å². The summed E-state index contributed by atoms with van der Waals surface area (Å²) in [5, 5.41) is 16.8. The molecule has 0 aliphatic rings. The molecule has 0 amide bonds. The standard InChI is InChI=1S/C9H11NO2.C7H13NO2.C3H8/c10-8(9(11)12)6-7-4-2-1-3-5-7;1-2-3-4-5-6(8)7(9)10;1-3-2/h1-5,8H,6,10H2,(H,11,12);3-4,6H,2,5,8H2,1H3,(H,9,10);3H2,1-2H3/t8-;6-;/m00./s1. The molecule has 2 atom stereocenters. The van der Waals surface area contributed by atoms with E-state index < -0.39 is 24.0 Å². The van der Waals surface area contributed by atoms with Crippen LogP contribution in [0.25, 0.3) is 0 Å². The van der Waals surface area contributed by atoms with Gasteiger partial charge in [-0.05, 0) is 24.8 Å². The van der Waals surface area contributed by atoms with E-state index >= 15 is 0 Å². The fraction of sp³-hybridized carbons (Fsp3) is 0.474. The smallest absolute Gasteiger partial charge is 0.320 e. The van der Waals surface area contributed by atoms with E-state index in [4.69, 9.17) is 21.7 Å². The number of rotatable bonds is 7. The van der Waals surface area contributed by atoms with Gasteiger partial charge in [0.05, 0.1) is 0 Å². The number of hydrogen-bond donors (Lipinski definition) is 4. The molecular weight excluding hydrogens is 320 g/mol. The predicted octanol–water partition coefficient (Wildman–Crippen LogP) is 2.81. The van der Waals surface area contributed by atoms with Gasteiger partial charge >= 0.3 is 11.9 Å². The number of carbonyl (C=O) groups is 2. The summed E-state index contributed by atoms with van der Waals surface area (Å²) in [6.45, 7) is 6.24. The van der Waals surface area contributed by atoms with Crippen LogP contribution in [0.3, 0.4) is 0 Å². The molecule has 0 radical (unpaired) electrons. The third-order valence-electron chi connectivity index (χ3n) is 2.73. The molecule has 0 heterocycles. The molecule has 1 aromatic carbocycles. The second-order valence-corrected chi connectivity index (χ2v) is 5.40. The molecule has 0 aliphatic heterocycles. The number of carboxylic acids is 2. The quantitative estimate of drug-likeness (QED) is 0.559. The van der Waals surface area contributed by atoms with Crippen LogP contribution < -0.4 is 11.5 Å². The van der Waals surface area contributed by atoms with Crippen LogP contribution in [0.1, 0.15) is 45.6 Å². The second-order valence-electron chi connectivity index (χ2n) is 5.40. The van der Waals surface area contributed by atoms with Crippen LogP contribution >= 0.6 is 0 Å². The first-order chi connectivity index (χ1) is 11.8. The Morgan fingerprint density at radius 2 is 1.44 bits per heavy atom. The number of hydrogen-bond acceptors (Lipinski definition) is 4. The van der Waals surface area contributed by atoms with Crippen molar-refractivity contribution in [1.82, 2.24) is 0 Å². The number of carboxylic acid groups (broad SMARTS) is 2. The molecule has 0 spiro atoms. The van der Waals surface area contributed by atoms with E-state index in [9.17, 15) is 9.59 Å². The Bertz CT molecular complexity index is 489. The summed E-state index contributed by atoms with van der Waals surface area (Å²) in [5.74, 6) is -1.90. The third-order valence-corrected chi connectivity index (χ3v) is 2.73. The van der Waals surface area contributed by atoms with Crippen LogP contribution in [0.5, 0.6) is 0 Å². The summed E-state index contributed by atoms with van der Waals surface area (Å²) < 4.78 is 0. The predicted molar refractivity (Wildman–Crippen MR) is 101 cm³/mol. The average molecular weight is 352 g/mol. The Morgan fingerprint density at radius 3 is 1.84 bits per heavy atom. The molecule has 0 fully saturated rings. The first kappa shape index (κ1) is 25.1. The zero-order valence-corrected chi connectivity index (χ0v) is 15.4. The highest BCUT2D eigenvalue weighted by atomic mass is 16.4. The minimum Gasteiger partial charge on any atom is -0.480 e. The largest absolute Gasteiger partial charge is 0.480 e. The first-order valence-corrected chi connectivity index (χ1v) is 8.45. The Morgan fingerprint density at radius 1 is 0.960 bits per heavy atom. The van der Waals surface area contributed by atoms with Crippen LogP contribution in [-0.2, 0) is 16.0 Å². The SMILES string of the molecule is CCC.CCC=CC[C@H](N)C(=O)O.N[C@@H](Cc1ccccc1)C(=O)O. The van der Waals surface area contributed by atoms with E-state index in [0.717, 1.165) is 12.0 Å².